The molecule has 2 aliphatic heterocycles. The predicted molar refractivity (Wildman–Crippen MR) is 128 cm³/mol. The van der Waals surface area contributed by atoms with E-state index in [4.69, 9.17) is 14.5 Å². The Hall–Kier alpha value is -3.35. The first-order valence-electron chi connectivity index (χ1n) is 12.4. The van der Waals surface area contributed by atoms with Crippen molar-refractivity contribution in [3.05, 3.63) is 63.7 Å². The predicted octanol–water partition coefficient (Wildman–Crippen LogP) is 4.44. The number of ether oxygens (including phenoxy) is 2. The van der Waals surface area contributed by atoms with Crippen molar-refractivity contribution in [2.24, 2.45) is 0 Å². The number of benzene rings is 2. The molecule has 0 N–H and O–H groups in total. The van der Waals surface area contributed by atoms with Crippen LogP contribution in [0.1, 0.15) is 66.7 Å². The third-order valence-electron chi connectivity index (χ3n) is 7.38. The van der Waals surface area contributed by atoms with Crippen molar-refractivity contribution in [3.63, 3.8) is 0 Å². The van der Waals surface area contributed by atoms with Crippen molar-refractivity contribution in [2.45, 2.75) is 70.5 Å². The van der Waals surface area contributed by atoms with Crippen LogP contribution in [0.3, 0.4) is 0 Å². The molecule has 7 heteroatoms. The summed E-state index contributed by atoms with van der Waals surface area (Å²) in [5.41, 5.74) is 2.24. The van der Waals surface area contributed by atoms with Gasteiger partial charge in [0.15, 0.2) is 11.5 Å². The molecule has 0 bridgehead atoms. The summed E-state index contributed by atoms with van der Waals surface area (Å²) in [6, 6.07) is 11.5. The number of rotatable bonds is 4. The standard InChI is InChI=1S/C27H29N3O4/c31-26(19-10-11-21-22(15-19)28-25-8-2-1-5-13-29(25)27(21)32)30(20-6-3-4-7-20)16-18-9-12-23-24(14-18)34-17-33-23/h9-12,14-15,20H,1-8,13,16-17H2. The SMILES string of the molecule is O=C(c1ccc2c(=O)n3c(nc2c1)CCCCC3)N(Cc1ccc2c(c1)OCO2)C1CCCC1. The van der Waals surface area contributed by atoms with Gasteiger partial charge in [-0.25, -0.2) is 4.98 Å². The Balaban J connectivity index is 1.34. The van der Waals surface area contributed by atoms with Crippen molar-refractivity contribution < 1.29 is 14.3 Å². The molecule has 0 spiro atoms. The van der Waals surface area contributed by atoms with Crippen LogP contribution in [-0.4, -0.2) is 33.2 Å². The molecule has 1 fully saturated rings. The molecule has 1 aliphatic carbocycles. The molecule has 0 atom stereocenters. The minimum atomic E-state index is -0.0108. The van der Waals surface area contributed by atoms with Crippen molar-refractivity contribution in [2.75, 3.05) is 6.79 Å². The third kappa shape index (κ3) is 3.83. The number of aromatic nitrogens is 2. The molecule has 1 aromatic heterocycles. The van der Waals surface area contributed by atoms with Crippen LogP contribution in [0.15, 0.2) is 41.2 Å². The van der Waals surface area contributed by atoms with Crippen molar-refractivity contribution in [1.82, 2.24) is 14.5 Å². The summed E-state index contributed by atoms with van der Waals surface area (Å²) in [4.78, 5) is 33.7. The summed E-state index contributed by atoms with van der Waals surface area (Å²) < 4.78 is 12.8. The maximum absolute atomic E-state index is 13.8. The number of amides is 1. The van der Waals surface area contributed by atoms with E-state index in [0.29, 0.717) is 23.0 Å². The van der Waals surface area contributed by atoms with Crippen LogP contribution in [0.5, 0.6) is 11.5 Å². The highest BCUT2D eigenvalue weighted by atomic mass is 16.7. The maximum Gasteiger partial charge on any atom is 0.261 e. The van der Waals surface area contributed by atoms with Crippen LogP contribution in [0.4, 0.5) is 0 Å². The molecule has 6 rings (SSSR count). The lowest BCUT2D eigenvalue weighted by Crippen LogP contribution is -2.38. The van der Waals surface area contributed by atoms with E-state index in [1.807, 2.05) is 33.7 Å². The highest BCUT2D eigenvalue weighted by Crippen LogP contribution is 2.34. The van der Waals surface area contributed by atoms with Gasteiger partial charge in [0.05, 0.1) is 10.9 Å². The number of aryl methyl sites for hydroxylation is 1. The molecule has 3 aliphatic rings. The van der Waals surface area contributed by atoms with E-state index >= 15 is 0 Å². The average molecular weight is 460 g/mol. The molecule has 0 radical (unpaired) electrons. The van der Waals surface area contributed by atoms with Crippen LogP contribution in [-0.2, 0) is 19.5 Å². The van der Waals surface area contributed by atoms with Gasteiger partial charge in [0, 0.05) is 31.1 Å². The second kappa shape index (κ2) is 8.78. The molecular formula is C27H29N3O4. The molecule has 1 amide bonds. The largest absolute Gasteiger partial charge is 0.454 e. The summed E-state index contributed by atoms with van der Waals surface area (Å²) in [5, 5.41) is 0.588. The molecule has 1 saturated carbocycles. The summed E-state index contributed by atoms with van der Waals surface area (Å²) in [7, 11) is 0. The highest BCUT2D eigenvalue weighted by Gasteiger charge is 2.28. The number of fused-ring (bicyclic) bond motifs is 3. The van der Waals surface area contributed by atoms with Crippen LogP contribution in [0.25, 0.3) is 10.9 Å². The quantitative estimate of drug-likeness (QED) is 0.577. The zero-order chi connectivity index (χ0) is 23.1. The Morgan fingerprint density at radius 1 is 1.00 bits per heavy atom. The van der Waals surface area contributed by atoms with E-state index < -0.39 is 0 Å². The molecule has 34 heavy (non-hydrogen) atoms. The second-order valence-corrected chi connectivity index (χ2v) is 9.59. The lowest BCUT2D eigenvalue weighted by molar-refractivity contribution is 0.0664. The van der Waals surface area contributed by atoms with Gasteiger partial charge >= 0.3 is 0 Å². The van der Waals surface area contributed by atoms with Gasteiger partial charge in [-0.15, -0.1) is 0 Å². The highest BCUT2D eigenvalue weighted by molar-refractivity contribution is 5.98. The van der Waals surface area contributed by atoms with Gasteiger partial charge in [-0.05, 0) is 61.6 Å². The van der Waals surface area contributed by atoms with Gasteiger partial charge in [-0.2, -0.15) is 0 Å². The Labute approximate surface area is 198 Å². The fourth-order valence-corrected chi connectivity index (χ4v) is 5.54. The van der Waals surface area contributed by atoms with Crippen LogP contribution in [0.2, 0.25) is 0 Å². The first-order chi connectivity index (χ1) is 16.7. The smallest absolute Gasteiger partial charge is 0.261 e. The van der Waals surface area contributed by atoms with Gasteiger partial charge in [-0.1, -0.05) is 25.3 Å². The zero-order valence-corrected chi connectivity index (χ0v) is 19.3. The van der Waals surface area contributed by atoms with Crippen molar-refractivity contribution in [3.8, 4) is 11.5 Å². The summed E-state index contributed by atoms with van der Waals surface area (Å²) in [5.74, 6) is 2.30. The lowest BCUT2D eigenvalue weighted by Gasteiger charge is -2.29. The zero-order valence-electron chi connectivity index (χ0n) is 19.3. The second-order valence-electron chi connectivity index (χ2n) is 9.59. The van der Waals surface area contributed by atoms with E-state index in [-0.39, 0.29) is 24.3 Å². The number of hydrogen-bond acceptors (Lipinski definition) is 5. The summed E-state index contributed by atoms with van der Waals surface area (Å²) in [6.45, 7) is 1.47. The minimum absolute atomic E-state index is 0.00825. The van der Waals surface area contributed by atoms with Crippen LogP contribution in [0, 0.1) is 0 Å². The summed E-state index contributed by atoms with van der Waals surface area (Å²) >= 11 is 0. The molecular weight excluding hydrogens is 430 g/mol. The van der Waals surface area contributed by atoms with Crippen molar-refractivity contribution in [1.29, 1.82) is 0 Å². The number of carbonyl (C=O) groups excluding carboxylic acids is 1. The molecule has 3 aromatic rings. The van der Waals surface area contributed by atoms with Crippen molar-refractivity contribution >= 4 is 16.8 Å². The maximum atomic E-state index is 13.8. The Bertz CT molecular complexity index is 1310. The summed E-state index contributed by atoms with van der Waals surface area (Å²) in [6.07, 6.45) is 8.26. The first-order valence-corrected chi connectivity index (χ1v) is 12.4. The van der Waals surface area contributed by atoms with Gasteiger partial charge in [-0.3, -0.25) is 14.2 Å². The van der Waals surface area contributed by atoms with E-state index in [1.54, 1.807) is 12.1 Å². The molecule has 0 unspecified atom stereocenters. The normalized spacial score (nSPS) is 17.5. The Morgan fingerprint density at radius 2 is 1.85 bits per heavy atom. The average Bonchev–Trinajstić information content (AvgIpc) is 3.50. The third-order valence-corrected chi connectivity index (χ3v) is 7.38. The lowest BCUT2D eigenvalue weighted by atomic mass is 10.1. The number of nitrogens with zero attached hydrogens (tertiary/aromatic N) is 3. The number of carbonyl (C=O) groups is 1. The van der Waals surface area contributed by atoms with Crippen LogP contribution >= 0.6 is 0 Å². The molecule has 0 saturated heterocycles. The topological polar surface area (TPSA) is 73.7 Å². The minimum Gasteiger partial charge on any atom is -0.454 e. The first kappa shape index (κ1) is 21.2. The fraction of sp³-hybridized carbons (Fsp3) is 0.444. The van der Waals surface area contributed by atoms with Gasteiger partial charge in [0.2, 0.25) is 6.79 Å². The fourth-order valence-electron chi connectivity index (χ4n) is 5.54. The van der Waals surface area contributed by atoms with E-state index in [2.05, 4.69) is 0 Å². The van der Waals surface area contributed by atoms with E-state index in [9.17, 15) is 9.59 Å². The van der Waals surface area contributed by atoms with E-state index in [1.165, 1.54) is 0 Å². The van der Waals surface area contributed by atoms with Crippen LogP contribution < -0.4 is 15.0 Å². The van der Waals surface area contributed by atoms with Gasteiger partial charge < -0.3 is 14.4 Å². The van der Waals surface area contributed by atoms with Gasteiger partial charge in [0.1, 0.15) is 5.82 Å². The molecule has 3 heterocycles. The number of hydrogen-bond donors (Lipinski definition) is 0. The Morgan fingerprint density at radius 3 is 2.74 bits per heavy atom. The monoisotopic (exact) mass is 459 g/mol. The Kier molecular flexibility index (Phi) is 5.47. The molecule has 7 nitrogen and oxygen atoms in total. The molecule has 176 valence electrons. The van der Waals surface area contributed by atoms with E-state index in [0.717, 1.165) is 80.8 Å². The van der Waals surface area contributed by atoms with Gasteiger partial charge in [0.25, 0.3) is 11.5 Å². The molecule has 2 aromatic carbocycles.